The Balaban J connectivity index is -0.000000569. The Bertz CT molecular complexity index is 562. The first-order valence-electron chi connectivity index (χ1n) is 17.3. The molecular formula is C34H68O9. The van der Waals surface area contributed by atoms with Gasteiger partial charge in [0.2, 0.25) is 6.29 Å². The molecule has 0 aromatic carbocycles. The van der Waals surface area contributed by atoms with E-state index in [-0.39, 0.29) is 6.42 Å². The summed E-state index contributed by atoms with van der Waals surface area (Å²) >= 11 is 0. The van der Waals surface area contributed by atoms with Gasteiger partial charge in [-0.2, -0.15) is 0 Å². The quantitative estimate of drug-likeness (QED) is 0.0330. The maximum absolute atomic E-state index is 10.5. The Morgan fingerprint density at radius 2 is 0.791 bits per heavy atom. The molecule has 0 aromatic rings. The lowest BCUT2D eigenvalue weighted by Crippen LogP contribution is -2.33. The van der Waals surface area contributed by atoms with Crippen molar-refractivity contribution in [2.45, 2.75) is 194 Å². The number of carbonyl (C=O) groups is 3. The van der Waals surface area contributed by atoms with Crippen LogP contribution in [0.4, 0.5) is 0 Å². The van der Waals surface area contributed by atoms with E-state index in [2.05, 4.69) is 18.6 Å². The molecule has 0 spiro atoms. The molecule has 258 valence electrons. The van der Waals surface area contributed by atoms with Crippen LogP contribution in [0.15, 0.2) is 0 Å². The minimum absolute atomic E-state index is 0.120. The summed E-state index contributed by atoms with van der Waals surface area (Å²) in [6, 6.07) is 0. The largest absolute Gasteiger partial charge is 0.481 e. The number of aliphatic hydroxyl groups is 3. The van der Waals surface area contributed by atoms with Crippen molar-refractivity contribution < 1.29 is 44.7 Å². The van der Waals surface area contributed by atoms with E-state index < -0.39 is 36.9 Å². The van der Waals surface area contributed by atoms with Crippen molar-refractivity contribution in [3.8, 4) is 0 Å². The highest BCUT2D eigenvalue weighted by Crippen LogP contribution is 2.13. The van der Waals surface area contributed by atoms with Crippen LogP contribution in [0.5, 0.6) is 0 Å². The molecule has 2 atom stereocenters. The van der Waals surface area contributed by atoms with E-state index in [0.717, 1.165) is 25.7 Å². The van der Waals surface area contributed by atoms with E-state index in [0.29, 0.717) is 12.8 Å². The molecule has 0 aliphatic heterocycles. The van der Waals surface area contributed by atoms with Gasteiger partial charge >= 0.3 is 17.9 Å². The van der Waals surface area contributed by atoms with Crippen LogP contribution in [0.25, 0.3) is 0 Å². The molecule has 0 bridgehead atoms. The van der Waals surface area contributed by atoms with Gasteiger partial charge in [0, 0.05) is 19.3 Å². The number of carboxylic acids is 2. The standard InChI is InChI=1S/2C14H28O2.C6H12O5/c2*1-2-3-4-5-6-7-8-9-10-11-12-13-14(15)16;1-2-5(9)11-6(10)4(8)3-7/h2*2-13H2,1H3,(H,15,16);4,6-8,10H,2-3H2,1H3. The molecule has 5 N–H and O–H groups in total. The molecule has 0 heterocycles. The Morgan fingerprint density at radius 3 is 1.02 bits per heavy atom. The fourth-order valence-electron chi connectivity index (χ4n) is 4.27. The first-order chi connectivity index (χ1) is 20.7. The minimum atomic E-state index is -1.63. The smallest absolute Gasteiger partial charge is 0.307 e. The monoisotopic (exact) mass is 620 g/mol. The van der Waals surface area contributed by atoms with Crippen LogP contribution in [0.1, 0.15) is 181 Å². The van der Waals surface area contributed by atoms with Crippen molar-refractivity contribution in [3.63, 3.8) is 0 Å². The highest BCUT2D eigenvalue weighted by atomic mass is 16.6. The summed E-state index contributed by atoms with van der Waals surface area (Å²) in [5, 5.41) is 42.7. The van der Waals surface area contributed by atoms with Crippen LogP contribution in [-0.4, -0.2) is 62.4 Å². The molecule has 0 fully saturated rings. The number of aliphatic carboxylic acids is 2. The molecular weight excluding hydrogens is 552 g/mol. The molecule has 9 nitrogen and oxygen atoms in total. The van der Waals surface area contributed by atoms with Gasteiger partial charge in [-0.25, -0.2) is 0 Å². The van der Waals surface area contributed by atoms with Gasteiger partial charge in [-0.1, -0.05) is 149 Å². The predicted molar refractivity (Wildman–Crippen MR) is 173 cm³/mol. The number of ether oxygens (including phenoxy) is 1. The fraction of sp³-hybridized carbons (Fsp3) is 0.912. The zero-order chi connectivity index (χ0) is 33.0. The number of carbonyl (C=O) groups excluding carboxylic acids is 1. The average Bonchev–Trinajstić information content (AvgIpc) is 2.98. The van der Waals surface area contributed by atoms with Crippen LogP contribution < -0.4 is 0 Å². The van der Waals surface area contributed by atoms with Gasteiger partial charge in [0.05, 0.1) is 6.61 Å². The number of esters is 1. The summed E-state index contributed by atoms with van der Waals surface area (Å²) in [4.78, 5) is 31.0. The second kappa shape index (κ2) is 38.3. The van der Waals surface area contributed by atoms with E-state index in [1.165, 1.54) is 116 Å². The lowest BCUT2D eigenvalue weighted by atomic mass is 10.1. The maximum atomic E-state index is 10.5. The first-order valence-corrected chi connectivity index (χ1v) is 17.3. The van der Waals surface area contributed by atoms with E-state index in [1.54, 1.807) is 6.92 Å². The number of carboxylic acid groups (broad SMARTS) is 2. The second-order valence-corrected chi connectivity index (χ2v) is 11.3. The van der Waals surface area contributed by atoms with Crippen molar-refractivity contribution in [1.29, 1.82) is 0 Å². The molecule has 0 amide bonds. The van der Waals surface area contributed by atoms with Crippen LogP contribution in [0, 0.1) is 0 Å². The van der Waals surface area contributed by atoms with Gasteiger partial charge in [-0.05, 0) is 12.8 Å². The molecule has 0 saturated heterocycles. The fourth-order valence-corrected chi connectivity index (χ4v) is 4.27. The van der Waals surface area contributed by atoms with Crippen molar-refractivity contribution in [1.82, 2.24) is 0 Å². The normalized spacial score (nSPS) is 11.9. The Hall–Kier alpha value is -1.71. The first kappa shape index (κ1) is 45.7. The highest BCUT2D eigenvalue weighted by Gasteiger charge is 2.18. The number of hydrogen-bond acceptors (Lipinski definition) is 7. The number of unbranched alkanes of at least 4 members (excludes halogenated alkanes) is 20. The topological polar surface area (TPSA) is 162 Å². The molecule has 0 aliphatic carbocycles. The van der Waals surface area contributed by atoms with Gasteiger partial charge in [-0.3, -0.25) is 14.4 Å². The molecule has 0 aliphatic rings. The van der Waals surface area contributed by atoms with Gasteiger partial charge in [-0.15, -0.1) is 0 Å². The third-order valence-electron chi connectivity index (χ3n) is 7.05. The summed E-state index contributed by atoms with van der Waals surface area (Å²) in [7, 11) is 0. The van der Waals surface area contributed by atoms with Gasteiger partial charge in [0.1, 0.15) is 6.10 Å². The molecule has 43 heavy (non-hydrogen) atoms. The Morgan fingerprint density at radius 1 is 0.512 bits per heavy atom. The molecule has 2 unspecified atom stereocenters. The van der Waals surface area contributed by atoms with Crippen LogP contribution in [0.3, 0.4) is 0 Å². The second-order valence-electron chi connectivity index (χ2n) is 11.3. The third kappa shape index (κ3) is 44.9. The molecule has 0 aromatic heterocycles. The van der Waals surface area contributed by atoms with E-state index in [1.807, 2.05) is 0 Å². The predicted octanol–water partition coefficient (Wildman–Crippen LogP) is 8.16. The van der Waals surface area contributed by atoms with Crippen molar-refractivity contribution in [2.75, 3.05) is 6.61 Å². The Labute approximate surface area is 262 Å². The number of aliphatic hydroxyl groups excluding tert-OH is 3. The molecule has 9 heteroatoms. The average molecular weight is 621 g/mol. The van der Waals surface area contributed by atoms with Crippen LogP contribution in [-0.2, 0) is 19.1 Å². The summed E-state index contributed by atoms with van der Waals surface area (Å²) in [5.74, 6) is -1.93. The highest BCUT2D eigenvalue weighted by molar-refractivity contribution is 5.69. The van der Waals surface area contributed by atoms with E-state index in [4.69, 9.17) is 25.5 Å². The number of rotatable bonds is 28. The van der Waals surface area contributed by atoms with Crippen molar-refractivity contribution in [3.05, 3.63) is 0 Å². The summed E-state index contributed by atoms with van der Waals surface area (Å²) < 4.78 is 4.26. The summed E-state index contributed by atoms with van der Waals surface area (Å²) in [6.07, 6.45) is 25.8. The summed E-state index contributed by atoms with van der Waals surface area (Å²) in [6.45, 7) is 5.41. The van der Waals surface area contributed by atoms with Gasteiger partial charge < -0.3 is 30.3 Å². The number of hydrogen-bond donors (Lipinski definition) is 5. The van der Waals surface area contributed by atoms with Gasteiger partial charge in [0.25, 0.3) is 0 Å². The minimum Gasteiger partial charge on any atom is -0.481 e. The van der Waals surface area contributed by atoms with Crippen molar-refractivity contribution in [2.24, 2.45) is 0 Å². The lowest BCUT2D eigenvalue weighted by Gasteiger charge is -2.15. The zero-order valence-corrected chi connectivity index (χ0v) is 27.9. The zero-order valence-electron chi connectivity index (χ0n) is 27.9. The molecule has 0 saturated carbocycles. The SMILES string of the molecule is CCC(=O)OC(O)C(O)CO.CCCCCCCCCCCCCC(=O)O.CCCCCCCCCCCCCC(=O)O. The lowest BCUT2D eigenvalue weighted by molar-refractivity contribution is -0.190. The van der Waals surface area contributed by atoms with E-state index >= 15 is 0 Å². The third-order valence-corrected chi connectivity index (χ3v) is 7.05. The summed E-state index contributed by atoms with van der Waals surface area (Å²) in [5.41, 5.74) is 0. The maximum Gasteiger partial charge on any atom is 0.307 e. The van der Waals surface area contributed by atoms with Crippen LogP contribution >= 0.6 is 0 Å². The van der Waals surface area contributed by atoms with Crippen LogP contribution in [0.2, 0.25) is 0 Å². The Kier molecular flexibility index (Phi) is 40.7. The molecule has 0 rings (SSSR count). The molecule has 0 radical (unpaired) electrons. The van der Waals surface area contributed by atoms with Gasteiger partial charge in [0.15, 0.2) is 0 Å². The van der Waals surface area contributed by atoms with Crippen molar-refractivity contribution >= 4 is 17.9 Å². The van der Waals surface area contributed by atoms with E-state index in [9.17, 15) is 14.4 Å².